The van der Waals surface area contributed by atoms with Crippen LogP contribution in [0.3, 0.4) is 0 Å². The van der Waals surface area contributed by atoms with Gasteiger partial charge in [-0.25, -0.2) is 5.43 Å². The molecule has 0 saturated carbocycles. The Balaban J connectivity index is 1.84. The molecular formula is C16H8Cl4N2O3. The molecule has 0 aliphatic rings. The number of aromatic hydroxyl groups is 1. The van der Waals surface area contributed by atoms with Crippen molar-refractivity contribution in [3.05, 3.63) is 61.7 Å². The highest BCUT2D eigenvalue weighted by Crippen LogP contribution is 2.32. The summed E-state index contributed by atoms with van der Waals surface area (Å²) in [6, 6.07) is 5.92. The number of hydrogen-bond donors (Lipinski definition) is 2. The summed E-state index contributed by atoms with van der Waals surface area (Å²) in [5.41, 5.74) is 3.13. The molecule has 128 valence electrons. The first-order valence-corrected chi connectivity index (χ1v) is 8.25. The molecule has 0 atom stereocenters. The molecule has 0 saturated heterocycles. The summed E-state index contributed by atoms with van der Waals surface area (Å²) in [4.78, 5) is 12.3. The number of nitrogens with one attached hydrogen (secondary N) is 1. The first-order chi connectivity index (χ1) is 11.9. The molecule has 0 spiro atoms. The fraction of sp³-hybridized carbons (Fsp3) is 0. The summed E-state index contributed by atoms with van der Waals surface area (Å²) in [6.45, 7) is 0. The number of phenols is 1. The molecule has 1 aromatic heterocycles. The van der Waals surface area contributed by atoms with Gasteiger partial charge in [0.15, 0.2) is 5.58 Å². The maximum absolute atomic E-state index is 12.3. The molecule has 2 N–H and O–H groups in total. The lowest BCUT2D eigenvalue weighted by Gasteiger charge is -2.02. The predicted molar refractivity (Wildman–Crippen MR) is 99.4 cm³/mol. The van der Waals surface area contributed by atoms with E-state index < -0.39 is 5.91 Å². The molecule has 9 heteroatoms. The van der Waals surface area contributed by atoms with E-state index >= 15 is 0 Å². The molecule has 0 fully saturated rings. The summed E-state index contributed by atoms with van der Waals surface area (Å²) in [6.07, 6.45) is 2.47. The van der Waals surface area contributed by atoms with Crippen molar-refractivity contribution in [2.24, 2.45) is 5.10 Å². The van der Waals surface area contributed by atoms with Crippen LogP contribution in [0.4, 0.5) is 0 Å². The number of benzene rings is 2. The van der Waals surface area contributed by atoms with Gasteiger partial charge < -0.3 is 9.52 Å². The molecule has 3 rings (SSSR count). The van der Waals surface area contributed by atoms with E-state index in [1.807, 2.05) is 0 Å². The van der Waals surface area contributed by atoms with Gasteiger partial charge in [0.25, 0.3) is 5.91 Å². The van der Waals surface area contributed by atoms with E-state index in [4.69, 9.17) is 50.8 Å². The summed E-state index contributed by atoms with van der Waals surface area (Å²) < 4.78 is 5.29. The van der Waals surface area contributed by atoms with Gasteiger partial charge in [0.1, 0.15) is 12.0 Å². The van der Waals surface area contributed by atoms with E-state index in [-0.39, 0.29) is 21.9 Å². The molecule has 0 aliphatic carbocycles. The van der Waals surface area contributed by atoms with Gasteiger partial charge in [-0.05, 0) is 24.3 Å². The van der Waals surface area contributed by atoms with Gasteiger partial charge in [-0.3, -0.25) is 4.79 Å². The fourth-order valence-corrected chi connectivity index (χ4v) is 3.19. The second kappa shape index (κ2) is 7.14. The van der Waals surface area contributed by atoms with Crippen LogP contribution in [0.5, 0.6) is 5.75 Å². The van der Waals surface area contributed by atoms with Gasteiger partial charge in [0.05, 0.1) is 21.8 Å². The molecule has 1 heterocycles. The number of nitrogens with zero attached hydrogens (tertiary/aromatic N) is 1. The molecule has 0 bridgehead atoms. The number of carbonyl (C=O) groups excluding carboxylic acids is 1. The van der Waals surface area contributed by atoms with E-state index in [2.05, 4.69) is 10.5 Å². The summed E-state index contributed by atoms with van der Waals surface area (Å²) >= 11 is 23.6. The number of hydrogen-bond acceptors (Lipinski definition) is 4. The van der Waals surface area contributed by atoms with Crippen LogP contribution in [0.25, 0.3) is 11.0 Å². The molecule has 0 unspecified atom stereocenters. The second-order valence-corrected chi connectivity index (χ2v) is 6.63. The van der Waals surface area contributed by atoms with Gasteiger partial charge in [0.2, 0.25) is 0 Å². The monoisotopic (exact) mass is 416 g/mol. The van der Waals surface area contributed by atoms with E-state index in [9.17, 15) is 9.90 Å². The predicted octanol–water partition coefficient (Wildman–Crippen LogP) is 5.52. The average Bonchev–Trinajstić information content (AvgIpc) is 2.95. The molecule has 0 aliphatic heterocycles. The van der Waals surface area contributed by atoms with E-state index in [0.29, 0.717) is 26.0 Å². The maximum Gasteiger partial charge on any atom is 0.275 e. The molecule has 0 radical (unpaired) electrons. The first-order valence-electron chi connectivity index (χ1n) is 6.74. The summed E-state index contributed by atoms with van der Waals surface area (Å²) in [7, 11) is 0. The maximum atomic E-state index is 12.3. The smallest absolute Gasteiger partial charge is 0.275 e. The van der Waals surface area contributed by atoms with Crippen molar-refractivity contribution < 1.29 is 14.3 Å². The number of phenolic OH excluding ortho intramolecular Hbond substituents is 1. The lowest BCUT2D eigenvalue weighted by Crippen LogP contribution is -2.17. The van der Waals surface area contributed by atoms with Crippen LogP contribution in [-0.2, 0) is 0 Å². The van der Waals surface area contributed by atoms with Gasteiger partial charge in [0, 0.05) is 21.0 Å². The molecule has 25 heavy (non-hydrogen) atoms. The Bertz CT molecular complexity index is 1010. The second-order valence-electron chi connectivity index (χ2n) is 4.94. The third kappa shape index (κ3) is 3.70. The van der Waals surface area contributed by atoms with E-state index in [1.165, 1.54) is 30.7 Å². The lowest BCUT2D eigenvalue weighted by molar-refractivity contribution is 0.0956. The Morgan fingerprint density at radius 3 is 2.52 bits per heavy atom. The highest BCUT2D eigenvalue weighted by Gasteiger charge is 2.16. The molecule has 1 amide bonds. The topological polar surface area (TPSA) is 74.8 Å². The van der Waals surface area contributed by atoms with Crippen molar-refractivity contribution in [3.8, 4) is 5.75 Å². The average molecular weight is 418 g/mol. The van der Waals surface area contributed by atoms with Gasteiger partial charge in [-0.1, -0.05) is 46.4 Å². The van der Waals surface area contributed by atoms with E-state index in [0.717, 1.165) is 0 Å². The number of hydrazone groups is 1. The number of carbonyl (C=O) groups is 1. The van der Waals surface area contributed by atoms with Crippen molar-refractivity contribution in [3.63, 3.8) is 0 Å². The van der Waals surface area contributed by atoms with Crippen molar-refractivity contribution in [1.82, 2.24) is 5.43 Å². The standard InChI is InChI=1S/C16H8Cl4N2O3/c17-8-1-7(14(23)12(19)3-8)5-21-22-16(24)11-6-25-15-10(11)2-9(18)4-13(15)20/h1-6,23H,(H,22,24)/b21-5+. The zero-order chi connectivity index (χ0) is 18.1. The molecule has 2 aromatic carbocycles. The summed E-state index contributed by atoms with van der Waals surface area (Å²) in [5, 5.41) is 15.1. The normalized spacial score (nSPS) is 11.4. The van der Waals surface area contributed by atoms with Crippen LogP contribution >= 0.6 is 46.4 Å². The van der Waals surface area contributed by atoms with Gasteiger partial charge in [-0.15, -0.1) is 0 Å². The molecular weight excluding hydrogens is 410 g/mol. The van der Waals surface area contributed by atoms with Crippen LogP contribution in [-0.4, -0.2) is 17.2 Å². The molecule has 5 nitrogen and oxygen atoms in total. The number of halogens is 4. The first kappa shape index (κ1) is 17.9. The zero-order valence-electron chi connectivity index (χ0n) is 12.2. The highest BCUT2D eigenvalue weighted by molar-refractivity contribution is 6.38. The summed E-state index contributed by atoms with van der Waals surface area (Å²) in [5.74, 6) is -0.739. The van der Waals surface area contributed by atoms with Crippen LogP contribution in [0.15, 0.2) is 40.0 Å². The van der Waals surface area contributed by atoms with Gasteiger partial charge >= 0.3 is 0 Å². The third-order valence-electron chi connectivity index (χ3n) is 3.27. The van der Waals surface area contributed by atoms with Crippen LogP contribution in [0.2, 0.25) is 20.1 Å². The minimum Gasteiger partial charge on any atom is -0.506 e. The molecule has 3 aromatic rings. The van der Waals surface area contributed by atoms with Gasteiger partial charge in [-0.2, -0.15) is 5.10 Å². The highest BCUT2D eigenvalue weighted by atomic mass is 35.5. The van der Waals surface area contributed by atoms with E-state index in [1.54, 1.807) is 6.07 Å². The van der Waals surface area contributed by atoms with Crippen molar-refractivity contribution in [2.75, 3.05) is 0 Å². The van der Waals surface area contributed by atoms with Crippen LogP contribution in [0.1, 0.15) is 15.9 Å². The number of amides is 1. The Kier molecular flexibility index (Phi) is 5.11. The number of rotatable bonds is 3. The Hall–Kier alpha value is -1.92. The largest absolute Gasteiger partial charge is 0.506 e. The Labute approximate surface area is 161 Å². The minimum absolute atomic E-state index is 0.0744. The Morgan fingerprint density at radius 1 is 1.08 bits per heavy atom. The number of furan rings is 1. The van der Waals surface area contributed by atoms with Crippen molar-refractivity contribution >= 4 is 69.5 Å². The van der Waals surface area contributed by atoms with Crippen LogP contribution in [0, 0.1) is 0 Å². The zero-order valence-corrected chi connectivity index (χ0v) is 15.2. The lowest BCUT2D eigenvalue weighted by atomic mass is 10.1. The SMILES string of the molecule is O=C(N/N=C/c1cc(Cl)cc(Cl)c1O)c1coc2c(Cl)cc(Cl)cc12. The quantitative estimate of drug-likeness (QED) is 0.435. The minimum atomic E-state index is -0.541. The number of fused-ring (bicyclic) bond motifs is 1. The van der Waals surface area contributed by atoms with Crippen LogP contribution < -0.4 is 5.43 Å². The Morgan fingerprint density at radius 2 is 1.76 bits per heavy atom. The van der Waals surface area contributed by atoms with Crippen molar-refractivity contribution in [2.45, 2.75) is 0 Å². The third-order valence-corrected chi connectivity index (χ3v) is 4.27. The fourth-order valence-electron chi connectivity index (χ4n) is 2.14. The van der Waals surface area contributed by atoms with Crippen molar-refractivity contribution in [1.29, 1.82) is 0 Å².